The van der Waals surface area contributed by atoms with E-state index in [1.807, 2.05) is 0 Å². The molecule has 0 aromatic heterocycles. The average Bonchev–Trinajstić information content (AvgIpc) is 0. The van der Waals surface area contributed by atoms with Gasteiger partial charge in [-0.1, -0.05) is 0 Å². The van der Waals surface area contributed by atoms with Crippen molar-refractivity contribution in [1.82, 2.24) is 0 Å². The standard InChI is InChI=1S/2BrH.Li.Zn/h2*1H;;/q;;+1;+2/p-2. The van der Waals surface area contributed by atoms with E-state index in [4.69, 9.17) is 0 Å². The van der Waals surface area contributed by atoms with Crippen LogP contribution in [0.1, 0.15) is 0 Å². The van der Waals surface area contributed by atoms with E-state index in [-0.39, 0.29) is 72.3 Å². The van der Waals surface area contributed by atoms with Gasteiger partial charge in [0.2, 0.25) is 0 Å². The van der Waals surface area contributed by atoms with Gasteiger partial charge in [0.05, 0.1) is 0 Å². The fraction of sp³-hybridized carbons (Fsp3) is 0. The van der Waals surface area contributed by atoms with Crippen LogP contribution in [0, 0.1) is 0 Å². The molecule has 4 heteroatoms. The van der Waals surface area contributed by atoms with Crippen molar-refractivity contribution in [2.45, 2.75) is 0 Å². The summed E-state index contributed by atoms with van der Waals surface area (Å²) in [5.41, 5.74) is 0. The fourth-order valence-corrected chi connectivity index (χ4v) is 0. The Hall–Kier alpha value is 2.18. The Labute approximate surface area is 71.6 Å². The van der Waals surface area contributed by atoms with Gasteiger partial charge in [-0.3, -0.25) is 0 Å². The van der Waals surface area contributed by atoms with Crippen molar-refractivity contribution in [3.8, 4) is 0 Å². The van der Waals surface area contributed by atoms with Crippen LogP contribution in [0.15, 0.2) is 0 Å². The molecule has 0 unspecified atom stereocenters. The first-order valence-corrected chi connectivity index (χ1v) is 0. The summed E-state index contributed by atoms with van der Waals surface area (Å²) >= 11 is 0. The summed E-state index contributed by atoms with van der Waals surface area (Å²) in [7, 11) is 0. The van der Waals surface area contributed by atoms with Crippen LogP contribution in [0.4, 0.5) is 0 Å². The molecule has 0 aliphatic heterocycles. The fourth-order valence-electron chi connectivity index (χ4n) is 0. The molecule has 0 N–H and O–H groups in total. The SMILES string of the molecule is [Br-].[Br-].[Li+].[Zn+2]. The van der Waals surface area contributed by atoms with Gasteiger partial charge in [0, 0.05) is 0 Å². The smallest absolute Gasteiger partial charge is 1.00 e. The Kier molecular flexibility index (Phi) is 166. The van der Waals surface area contributed by atoms with Crippen molar-refractivity contribution in [3.63, 3.8) is 0 Å². The van der Waals surface area contributed by atoms with Gasteiger partial charge >= 0.3 is 38.3 Å². The molecule has 0 nitrogen and oxygen atoms in total. The zero-order valence-corrected chi connectivity index (χ0v) is 8.60. The molecule has 0 amide bonds. The van der Waals surface area contributed by atoms with E-state index in [1.165, 1.54) is 0 Å². The van der Waals surface area contributed by atoms with Crippen LogP contribution in [0.5, 0.6) is 0 Å². The van der Waals surface area contributed by atoms with Crippen molar-refractivity contribution in [1.29, 1.82) is 0 Å². The zero-order chi connectivity index (χ0) is 0. The summed E-state index contributed by atoms with van der Waals surface area (Å²) < 4.78 is 0. The average molecular weight is 232 g/mol. The molecule has 0 aromatic rings. The minimum atomic E-state index is 0. The van der Waals surface area contributed by atoms with Crippen LogP contribution in [0.25, 0.3) is 0 Å². The van der Waals surface area contributed by atoms with E-state index in [1.54, 1.807) is 0 Å². The van der Waals surface area contributed by atoms with Crippen molar-refractivity contribution in [2.24, 2.45) is 0 Å². The van der Waals surface area contributed by atoms with Crippen molar-refractivity contribution in [2.75, 3.05) is 0 Å². The van der Waals surface area contributed by atoms with Crippen LogP contribution < -0.4 is 52.8 Å². The molecule has 0 radical (unpaired) electrons. The minimum Gasteiger partial charge on any atom is -1.00 e. The number of rotatable bonds is 0. The Bertz CT molecular complexity index is 6.00. The summed E-state index contributed by atoms with van der Waals surface area (Å²) in [4.78, 5) is 0. The Balaban J connectivity index is 0. The van der Waals surface area contributed by atoms with Crippen LogP contribution in [-0.2, 0) is 19.5 Å². The molecule has 0 saturated heterocycles. The van der Waals surface area contributed by atoms with Gasteiger partial charge in [0.15, 0.2) is 0 Å². The summed E-state index contributed by atoms with van der Waals surface area (Å²) in [6, 6.07) is 0. The van der Waals surface area contributed by atoms with Gasteiger partial charge < -0.3 is 34.0 Å². The zero-order valence-electron chi connectivity index (χ0n) is 2.46. The van der Waals surface area contributed by atoms with E-state index >= 15 is 0 Å². The molecular formula is Br2LiZn+. The number of hydrogen-bond donors (Lipinski definition) is 0. The molecule has 0 atom stereocenters. The van der Waals surface area contributed by atoms with E-state index in [0.29, 0.717) is 0 Å². The van der Waals surface area contributed by atoms with Crippen molar-refractivity contribution in [3.05, 3.63) is 0 Å². The van der Waals surface area contributed by atoms with Crippen LogP contribution >= 0.6 is 0 Å². The van der Waals surface area contributed by atoms with E-state index in [0.717, 1.165) is 0 Å². The second-order valence-corrected chi connectivity index (χ2v) is 0. The van der Waals surface area contributed by atoms with Gasteiger partial charge in [-0.2, -0.15) is 0 Å². The van der Waals surface area contributed by atoms with Crippen molar-refractivity contribution < 1.29 is 72.3 Å². The summed E-state index contributed by atoms with van der Waals surface area (Å²) in [6.07, 6.45) is 0. The molecule has 0 aliphatic carbocycles. The monoisotopic (exact) mass is 229 g/mol. The molecule has 16 valence electrons. The molecule has 0 bridgehead atoms. The Morgan fingerprint density at radius 2 is 0.750 bits per heavy atom. The van der Waals surface area contributed by atoms with Gasteiger partial charge in [-0.15, -0.1) is 0 Å². The number of halogens is 2. The summed E-state index contributed by atoms with van der Waals surface area (Å²) in [5.74, 6) is 0. The molecule has 4 heavy (non-hydrogen) atoms. The summed E-state index contributed by atoms with van der Waals surface area (Å²) in [5, 5.41) is 0. The maximum Gasteiger partial charge on any atom is 2.00 e. The Morgan fingerprint density at radius 3 is 0.750 bits per heavy atom. The molecule has 0 rings (SSSR count). The summed E-state index contributed by atoms with van der Waals surface area (Å²) in [6.45, 7) is 0. The topological polar surface area (TPSA) is 0 Å². The second-order valence-electron chi connectivity index (χ2n) is 0. The van der Waals surface area contributed by atoms with Gasteiger partial charge in [-0.05, 0) is 0 Å². The minimum absolute atomic E-state index is 0. The van der Waals surface area contributed by atoms with Gasteiger partial charge in [-0.25, -0.2) is 0 Å². The van der Waals surface area contributed by atoms with Gasteiger partial charge in [0.25, 0.3) is 0 Å². The van der Waals surface area contributed by atoms with Crippen molar-refractivity contribution >= 4 is 0 Å². The largest absolute Gasteiger partial charge is 2.00 e. The third-order valence-electron chi connectivity index (χ3n) is 0. The molecule has 0 aliphatic rings. The van der Waals surface area contributed by atoms with E-state index in [2.05, 4.69) is 0 Å². The Morgan fingerprint density at radius 1 is 0.750 bits per heavy atom. The molecule has 0 fully saturated rings. The third kappa shape index (κ3) is 8.89. The predicted octanol–water partition coefficient (Wildman–Crippen LogP) is -8.99. The third-order valence-corrected chi connectivity index (χ3v) is 0. The molecular weight excluding hydrogens is 232 g/mol. The number of hydrogen-bond acceptors (Lipinski definition) is 0. The predicted molar refractivity (Wildman–Crippen MR) is 0 cm³/mol. The maximum absolute atomic E-state index is 0. The van der Waals surface area contributed by atoms with Crippen LogP contribution in [0.3, 0.4) is 0 Å². The maximum atomic E-state index is 0. The molecule has 0 spiro atoms. The normalized spacial score (nSPS) is 0. The van der Waals surface area contributed by atoms with Crippen LogP contribution in [-0.4, -0.2) is 0 Å². The van der Waals surface area contributed by atoms with Crippen LogP contribution in [0.2, 0.25) is 0 Å². The quantitative estimate of drug-likeness (QED) is 0.364. The molecule has 0 heterocycles. The first kappa shape index (κ1) is 34.9. The first-order valence-electron chi connectivity index (χ1n) is 0. The molecule has 0 saturated carbocycles. The molecule has 0 aromatic carbocycles. The second kappa shape index (κ2) is 19.0. The van der Waals surface area contributed by atoms with Gasteiger partial charge in [0.1, 0.15) is 0 Å². The van der Waals surface area contributed by atoms with E-state index < -0.39 is 0 Å². The van der Waals surface area contributed by atoms with E-state index in [9.17, 15) is 0 Å². The first-order chi connectivity index (χ1) is 0.